The van der Waals surface area contributed by atoms with Gasteiger partial charge in [0, 0.05) is 18.4 Å². The Bertz CT molecular complexity index is 568. The van der Waals surface area contributed by atoms with Crippen LogP contribution < -0.4 is 10.6 Å². The van der Waals surface area contributed by atoms with E-state index in [1.165, 1.54) is 5.56 Å². The number of rotatable bonds is 7. The summed E-state index contributed by atoms with van der Waals surface area (Å²) in [5.74, 6) is 1.46. The zero-order chi connectivity index (χ0) is 15.1. The molecule has 1 aromatic carbocycles. The predicted octanol–water partition coefficient (Wildman–Crippen LogP) is 2.89. The molecule has 1 aromatic heterocycles. The van der Waals surface area contributed by atoms with Crippen molar-refractivity contribution in [2.75, 3.05) is 37.8 Å². The summed E-state index contributed by atoms with van der Waals surface area (Å²) in [6.07, 6.45) is 2.83. The van der Waals surface area contributed by atoms with Gasteiger partial charge in [0.05, 0.1) is 0 Å². The molecule has 21 heavy (non-hydrogen) atoms. The summed E-state index contributed by atoms with van der Waals surface area (Å²) in [5.41, 5.74) is 2.26. The average molecular weight is 285 g/mol. The van der Waals surface area contributed by atoms with Crippen LogP contribution in [0.5, 0.6) is 0 Å². The third kappa shape index (κ3) is 5.04. The van der Waals surface area contributed by atoms with Crippen LogP contribution in [0.2, 0.25) is 0 Å². The smallest absolute Gasteiger partial charge is 0.224 e. The molecule has 0 aliphatic heterocycles. The summed E-state index contributed by atoms with van der Waals surface area (Å²) in [7, 11) is 4.15. The quantitative estimate of drug-likeness (QED) is 0.766. The van der Waals surface area contributed by atoms with Crippen LogP contribution in [0.4, 0.5) is 17.5 Å². The second-order valence-electron chi connectivity index (χ2n) is 5.29. The van der Waals surface area contributed by atoms with E-state index in [4.69, 9.17) is 0 Å². The van der Waals surface area contributed by atoms with Crippen LogP contribution in [0.15, 0.2) is 36.5 Å². The molecule has 0 fully saturated rings. The first kappa shape index (κ1) is 15.3. The molecule has 0 aliphatic carbocycles. The highest BCUT2D eigenvalue weighted by Gasteiger charge is 2.01. The molecule has 0 amide bonds. The first-order chi connectivity index (χ1) is 10.1. The zero-order valence-corrected chi connectivity index (χ0v) is 12.9. The molecular formula is C16H23N5. The Kier molecular flexibility index (Phi) is 5.51. The van der Waals surface area contributed by atoms with Crippen molar-refractivity contribution in [3.63, 3.8) is 0 Å². The zero-order valence-electron chi connectivity index (χ0n) is 12.9. The number of aryl methyl sites for hydroxylation is 1. The molecule has 5 heteroatoms. The van der Waals surface area contributed by atoms with Gasteiger partial charge in [-0.3, -0.25) is 0 Å². The molecular weight excluding hydrogens is 262 g/mol. The standard InChI is InChI=1S/C16H23N5/c1-13-7-4-5-8-14(13)19-15-9-11-18-16(20-15)17-10-6-12-21(2)3/h4-5,7-9,11H,6,10,12H2,1-3H3,(H2,17,18,19,20). The first-order valence-electron chi connectivity index (χ1n) is 7.19. The molecule has 2 aromatic rings. The number of hydrogen-bond donors (Lipinski definition) is 2. The highest BCUT2D eigenvalue weighted by Crippen LogP contribution is 2.18. The Labute approximate surface area is 126 Å². The first-order valence-corrected chi connectivity index (χ1v) is 7.19. The Balaban J connectivity index is 1.93. The summed E-state index contributed by atoms with van der Waals surface area (Å²) in [5, 5.41) is 6.57. The summed E-state index contributed by atoms with van der Waals surface area (Å²) in [4.78, 5) is 10.9. The maximum atomic E-state index is 4.48. The van der Waals surface area contributed by atoms with Gasteiger partial charge in [0.2, 0.25) is 5.95 Å². The minimum Gasteiger partial charge on any atom is -0.354 e. The summed E-state index contributed by atoms with van der Waals surface area (Å²) in [6, 6.07) is 10.0. The van der Waals surface area contributed by atoms with E-state index < -0.39 is 0 Å². The van der Waals surface area contributed by atoms with Gasteiger partial charge < -0.3 is 15.5 Å². The fourth-order valence-electron chi connectivity index (χ4n) is 1.96. The lowest BCUT2D eigenvalue weighted by atomic mass is 10.2. The Morgan fingerprint density at radius 1 is 1.14 bits per heavy atom. The van der Waals surface area contributed by atoms with Crippen LogP contribution in [-0.4, -0.2) is 42.1 Å². The Morgan fingerprint density at radius 3 is 2.71 bits per heavy atom. The van der Waals surface area contributed by atoms with E-state index in [-0.39, 0.29) is 0 Å². The summed E-state index contributed by atoms with van der Waals surface area (Å²) >= 11 is 0. The number of aromatic nitrogens is 2. The van der Waals surface area contributed by atoms with Gasteiger partial charge in [-0.25, -0.2) is 4.98 Å². The second kappa shape index (κ2) is 7.59. The molecule has 5 nitrogen and oxygen atoms in total. The van der Waals surface area contributed by atoms with Gasteiger partial charge >= 0.3 is 0 Å². The predicted molar refractivity (Wildman–Crippen MR) is 88.2 cm³/mol. The molecule has 1 heterocycles. The topological polar surface area (TPSA) is 53.1 Å². The van der Waals surface area contributed by atoms with Crippen LogP contribution in [0, 0.1) is 6.92 Å². The molecule has 2 rings (SSSR count). The molecule has 0 unspecified atom stereocenters. The van der Waals surface area contributed by atoms with Gasteiger partial charge in [-0.15, -0.1) is 0 Å². The SMILES string of the molecule is Cc1ccccc1Nc1ccnc(NCCCN(C)C)n1. The lowest BCUT2D eigenvalue weighted by Gasteiger charge is -2.11. The molecule has 0 aliphatic rings. The summed E-state index contributed by atoms with van der Waals surface area (Å²) < 4.78 is 0. The van der Waals surface area contributed by atoms with Gasteiger partial charge in [0.1, 0.15) is 5.82 Å². The van der Waals surface area contributed by atoms with E-state index in [0.29, 0.717) is 5.95 Å². The highest BCUT2D eigenvalue weighted by atomic mass is 15.1. The lowest BCUT2D eigenvalue weighted by molar-refractivity contribution is 0.405. The van der Waals surface area contributed by atoms with Crippen LogP contribution in [0.25, 0.3) is 0 Å². The van der Waals surface area contributed by atoms with Crippen molar-refractivity contribution in [1.82, 2.24) is 14.9 Å². The Hall–Kier alpha value is -2.14. The largest absolute Gasteiger partial charge is 0.354 e. The van der Waals surface area contributed by atoms with Gasteiger partial charge in [-0.05, 0) is 51.7 Å². The van der Waals surface area contributed by atoms with Crippen molar-refractivity contribution in [2.45, 2.75) is 13.3 Å². The normalized spacial score (nSPS) is 10.7. The summed E-state index contributed by atoms with van der Waals surface area (Å²) in [6.45, 7) is 3.99. The van der Waals surface area contributed by atoms with E-state index in [2.05, 4.69) is 52.6 Å². The molecule has 0 saturated heterocycles. The molecule has 0 atom stereocenters. The number of nitrogens with one attached hydrogen (secondary N) is 2. The average Bonchev–Trinajstić information content (AvgIpc) is 2.46. The van der Waals surface area contributed by atoms with Crippen LogP contribution in [0.3, 0.4) is 0 Å². The molecule has 2 N–H and O–H groups in total. The highest BCUT2D eigenvalue weighted by molar-refractivity contribution is 5.60. The van der Waals surface area contributed by atoms with Gasteiger partial charge in [0.25, 0.3) is 0 Å². The molecule has 0 spiro atoms. The van der Waals surface area contributed by atoms with E-state index in [1.54, 1.807) is 6.20 Å². The maximum absolute atomic E-state index is 4.48. The Morgan fingerprint density at radius 2 is 1.95 bits per heavy atom. The van der Waals surface area contributed by atoms with Crippen molar-refractivity contribution < 1.29 is 0 Å². The number of benzene rings is 1. The second-order valence-corrected chi connectivity index (χ2v) is 5.29. The third-order valence-electron chi connectivity index (χ3n) is 3.13. The monoisotopic (exact) mass is 285 g/mol. The van der Waals surface area contributed by atoms with E-state index in [1.807, 2.05) is 24.3 Å². The van der Waals surface area contributed by atoms with Gasteiger partial charge in [0.15, 0.2) is 0 Å². The number of nitrogens with zero attached hydrogens (tertiary/aromatic N) is 3. The fraction of sp³-hybridized carbons (Fsp3) is 0.375. The lowest BCUT2D eigenvalue weighted by Crippen LogP contribution is -2.17. The molecule has 0 radical (unpaired) electrons. The van der Waals surface area contributed by atoms with Gasteiger partial charge in [-0.1, -0.05) is 18.2 Å². The number of para-hydroxylation sites is 1. The molecule has 0 saturated carbocycles. The van der Waals surface area contributed by atoms with Gasteiger partial charge in [-0.2, -0.15) is 4.98 Å². The third-order valence-corrected chi connectivity index (χ3v) is 3.13. The minimum atomic E-state index is 0.660. The van der Waals surface area contributed by atoms with Crippen molar-refractivity contribution in [3.05, 3.63) is 42.1 Å². The van der Waals surface area contributed by atoms with E-state index in [9.17, 15) is 0 Å². The van der Waals surface area contributed by atoms with Crippen molar-refractivity contribution in [2.24, 2.45) is 0 Å². The van der Waals surface area contributed by atoms with Crippen molar-refractivity contribution in [3.8, 4) is 0 Å². The van der Waals surface area contributed by atoms with E-state index in [0.717, 1.165) is 31.0 Å². The van der Waals surface area contributed by atoms with Crippen LogP contribution in [0.1, 0.15) is 12.0 Å². The maximum Gasteiger partial charge on any atom is 0.224 e. The van der Waals surface area contributed by atoms with Crippen LogP contribution in [-0.2, 0) is 0 Å². The number of anilines is 3. The molecule has 0 bridgehead atoms. The van der Waals surface area contributed by atoms with Crippen molar-refractivity contribution >= 4 is 17.5 Å². The molecule has 112 valence electrons. The number of hydrogen-bond acceptors (Lipinski definition) is 5. The van der Waals surface area contributed by atoms with Crippen LogP contribution >= 0.6 is 0 Å². The van der Waals surface area contributed by atoms with E-state index >= 15 is 0 Å². The fourth-order valence-corrected chi connectivity index (χ4v) is 1.96. The van der Waals surface area contributed by atoms with Crippen molar-refractivity contribution in [1.29, 1.82) is 0 Å². The minimum absolute atomic E-state index is 0.660.